The van der Waals surface area contributed by atoms with Crippen molar-refractivity contribution in [1.82, 2.24) is 0 Å². The molecule has 0 atom stereocenters. The van der Waals surface area contributed by atoms with Crippen molar-refractivity contribution < 1.29 is 14.3 Å². The first-order valence-electron chi connectivity index (χ1n) is 7.80. The predicted molar refractivity (Wildman–Crippen MR) is 101 cm³/mol. The quantitative estimate of drug-likeness (QED) is 0.589. The first-order valence-corrected chi connectivity index (χ1v) is 9.00. The van der Waals surface area contributed by atoms with Crippen molar-refractivity contribution in [2.24, 2.45) is 0 Å². The number of rotatable bonds is 4. The highest BCUT2D eigenvalue weighted by atomic mass is 35.5. The van der Waals surface area contributed by atoms with Crippen LogP contribution in [0.4, 0.5) is 5.69 Å². The summed E-state index contributed by atoms with van der Waals surface area (Å²) in [7, 11) is 0. The van der Waals surface area contributed by atoms with Crippen LogP contribution in [0.15, 0.2) is 58.3 Å². The predicted octanol–water partition coefficient (Wildman–Crippen LogP) is 4.38. The van der Waals surface area contributed by atoms with Gasteiger partial charge in [0.25, 0.3) is 5.91 Å². The zero-order valence-electron chi connectivity index (χ0n) is 13.6. The molecule has 25 heavy (non-hydrogen) atoms. The van der Waals surface area contributed by atoms with E-state index in [4.69, 9.17) is 16.3 Å². The Labute approximate surface area is 155 Å². The van der Waals surface area contributed by atoms with Crippen LogP contribution in [0.5, 0.6) is 0 Å². The normalized spacial score (nSPS) is 15.2. The van der Waals surface area contributed by atoms with Crippen LogP contribution in [0.3, 0.4) is 0 Å². The van der Waals surface area contributed by atoms with Gasteiger partial charge in [-0.25, -0.2) is 0 Å². The van der Waals surface area contributed by atoms with Crippen molar-refractivity contribution in [3.05, 3.63) is 64.0 Å². The Balaban J connectivity index is 1.99. The van der Waals surface area contributed by atoms with E-state index >= 15 is 0 Å². The molecule has 0 N–H and O–H groups in total. The van der Waals surface area contributed by atoms with Gasteiger partial charge in [0.05, 0.1) is 17.2 Å². The van der Waals surface area contributed by atoms with E-state index in [9.17, 15) is 9.59 Å². The number of amides is 1. The summed E-state index contributed by atoms with van der Waals surface area (Å²) in [4.78, 5) is 27.7. The number of thioether (sulfide) groups is 1. The van der Waals surface area contributed by atoms with Gasteiger partial charge >= 0.3 is 5.97 Å². The van der Waals surface area contributed by atoms with Crippen LogP contribution < -0.4 is 4.90 Å². The summed E-state index contributed by atoms with van der Waals surface area (Å²) < 4.78 is 5.00. The van der Waals surface area contributed by atoms with E-state index in [-0.39, 0.29) is 19.1 Å². The fourth-order valence-corrected chi connectivity index (χ4v) is 3.73. The van der Waals surface area contributed by atoms with Crippen LogP contribution in [0.1, 0.15) is 12.5 Å². The second-order valence-corrected chi connectivity index (χ2v) is 6.79. The number of nitrogens with zero attached hydrogens (tertiary/aromatic N) is 1. The maximum absolute atomic E-state index is 12.9. The molecule has 1 amide bonds. The average molecular weight is 374 g/mol. The molecular formula is C19H16ClNO3S. The third-order valence-corrected chi connectivity index (χ3v) is 5.04. The van der Waals surface area contributed by atoms with Crippen LogP contribution in [-0.4, -0.2) is 25.0 Å². The number of esters is 1. The highest BCUT2D eigenvalue weighted by Crippen LogP contribution is 2.42. The van der Waals surface area contributed by atoms with Crippen molar-refractivity contribution in [1.29, 1.82) is 0 Å². The van der Waals surface area contributed by atoms with Crippen LogP contribution in [0, 0.1) is 0 Å². The van der Waals surface area contributed by atoms with Gasteiger partial charge in [0, 0.05) is 9.92 Å². The minimum Gasteiger partial charge on any atom is -0.465 e. The number of benzene rings is 2. The number of hydrogen-bond acceptors (Lipinski definition) is 4. The third-order valence-electron chi connectivity index (χ3n) is 3.62. The number of carbonyl (C=O) groups is 2. The Bertz CT molecular complexity index is 850. The van der Waals surface area contributed by atoms with Gasteiger partial charge in [0.2, 0.25) is 0 Å². The largest absolute Gasteiger partial charge is 0.465 e. The lowest BCUT2D eigenvalue weighted by Crippen LogP contribution is -2.39. The molecule has 128 valence electrons. The summed E-state index contributed by atoms with van der Waals surface area (Å²) in [6.45, 7) is 1.89. The molecule has 1 aliphatic rings. The van der Waals surface area contributed by atoms with Crippen LogP contribution >= 0.6 is 23.4 Å². The van der Waals surface area contributed by atoms with Crippen molar-refractivity contribution in [2.75, 3.05) is 18.1 Å². The summed E-state index contributed by atoms with van der Waals surface area (Å²) in [5, 5.41) is 0.569. The van der Waals surface area contributed by atoms with Gasteiger partial charge in [-0.1, -0.05) is 53.7 Å². The van der Waals surface area contributed by atoms with Crippen molar-refractivity contribution in [2.45, 2.75) is 11.8 Å². The fraction of sp³-hybridized carbons (Fsp3) is 0.158. The SMILES string of the molecule is CCOC(=O)CN1C(=O)/C(=C/c2ccccc2Cl)Sc2ccccc21. The Morgan fingerprint density at radius 3 is 2.68 bits per heavy atom. The molecular weight excluding hydrogens is 358 g/mol. The van der Waals surface area contributed by atoms with Gasteiger partial charge in [-0.15, -0.1) is 0 Å². The summed E-state index contributed by atoms with van der Waals surface area (Å²) in [5.41, 5.74) is 1.47. The molecule has 0 aliphatic carbocycles. The van der Waals surface area contributed by atoms with E-state index in [1.807, 2.05) is 42.5 Å². The zero-order chi connectivity index (χ0) is 17.8. The smallest absolute Gasteiger partial charge is 0.326 e. The highest BCUT2D eigenvalue weighted by molar-refractivity contribution is 8.04. The average Bonchev–Trinajstić information content (AvgIpc) is 2.60. The van der Waals surface area contributed by atoms with E-state index in [0.29, 0.717) is 15.6 Å². The van der Waals surface area contributed by atoms with Gasteiger partial charge < -0.3 is 4.74 Å². The number of fused-ring (bicyclic) bond motifs is 1. The number of ether oxygens (including phenoxy) is 1. The van der Waals surface area contributed by atoms with Crippen molar-refractivity contribution in [3.63, 3.8) is 0 Å². The molecule has 3 rings (SSSR count). The molecule has 1 aliphatic heterocycles. The lowest BCUT2D eigenvalue weighted by molar-refractivity contribution is -0.142. The first-order chi connectivity index (χ1) is 12.1. The van der Waals surface area contributed by atoms with Gasteiger partial charge in [-0.3, -0.25) is 14.5 Å². The van der Waals surface area contributed by atoms with Gasteiger partial charge in [0.15, 0.2) is 0 Å². The standard InChI is InChI=1S/C19H16ClNO3S/c1-2-24-18(22)12-21-15-9-5-6-10-16(15)25-17(19(21)23)11-13-7-3-4-8-14(13)20/h3-11H,2,12H2,1H3/b17-11-. The Kier molecular flexibility index (Phi) is 5.46. The van der Waals surface area contributed by atoms with Crippen LogP contribution in [0.2, 0.25) is 5.02 Å². The number of halogens is 1. The molecule has 0 aromatic heterocycles. The maximum Gasteiger partial charge on any atom is 0.326 e. The number of hydrogen-bond donors (Lipinski definition) is 0. The molecule has 0 unspecified atom stereocenters. The molecule has 0 saturated heterocycles. The minimum absolute atomic E-state index is 0.121. The molecule has 0 bridgehead atoms. The summed E-state index contributed by atoms with van der Waals surface area (Å²) in [6.07, 6.45) is 1.75. The van der Waals surface area contributed by atoms with Gasteiger partial charge in [-0.05, 0) is 36.8 Å². The monoisotopic (exact) mass is 373 g/mol. The van der Waals surface area contributed by atoms with Crippen molar-refractivity contribution >= 4 is 47.0 Å². The Morgan fingerprint density at radius 2 is 1.92 bits per heavy atom. The fourth-order valence-electron chi connectivity index (χ4n) is 2.49. The van der Waals surface area contributed by atoms with Gasteiger partial charge in [-0.2, -0.15) is 0 Å². The number of carbonyl (C=O) groups excluding carboxylic acids is 2. The van der Waals surface area contributed by atoms with E-state index in [1.54, 1.807) is 19.1 Å². The maximum atomic E-state index is 12.9. The molecule has 2 aromatic carbocycles. The minimum atomic E-state index is -0.436. The highest BCUT2D eigenvalue weighted by Gasteiger charge is 2.30. The Hall–Kier alpha value is -2.24. The summed E-state index contributed by atoms with van der Waals surface area (Å²) in [6, 6.07) is 14.8. The van der Waals surface area contributed by atoms with E-state index in [2.05, 4.69) is 0 Å². The van der Waals surface area contributed by atoms with E-state index in [0.717, 1.165) is 10.5 Å². The lowest BCUT2D eigenvalue weighted by Gasteiger charge is -2.29. The summed E-state index contributed by atoms with van der Waals surface area (Å²) >= 11 is 7.57. The van der Waals surface area contributed by atoms with E-state index in [1.165, 1.54) is 16.7 Å². The third kappa shape index (κ3) is 3.89. The van der Waals surface area contributed by atoms with Crippen LogP contribution in [0.25, 0.3) is 6.08 Å². The number of anilines is 1. The summed E-state index contributed by atoms with van der Waals surface area (Å²) in [5.74, 6) is -0.675. The molecule has 6 heteroatoms. The second kappa shape index (κ2) is 7.76. The molecule has 0 spiro atoms. The molecule has 0 fully saturated rings. The first kappa shape index (κ1) is 17.6. The number of para-hydroxylation sites is 1. The van der Waals surface area contributed by atoms with Crippen LogP contribution in [-0.2, 0) is 14.3 Å². The van der Waals surface area contributed by atoms with E-state index < -0.39 is 5.97 Å². The molecule has 0 saturated carbocycles. The topological polar surface area (TPSA) is 46.6 Å². The molecule has 2 aromatic rings. The zero-order valence-corrected chi connectivity index (χ0v) is 15.1. The Morgan fingerprint density at radius 1 is 1.20 bits per heavy atom. The van der Waals surface area contributed by atoms with Crippen molar-refractivity contribution in [3.8, 4) is 0 Å². The molecule has 0 radical (unpaired) electrons. The lowest BCUT2D eigenvalue weighted by atomic mass is 10.2. The molecule has 1 heterocycles. The molecule has 4 nitrogen and oxygen atoms in total. The second-order valence-electron chi connectivity index (χ2n) is 5.30. The van der Waals surface area contributed by atoms with Gasteiger partial charge in [0.1, 0.15) is 6.54 Å².